The number of esters is 1. The first-order valence-corrected chi connectivity index (χ1v) is 9.99. The normalized spacial score (nSPS) is 12.8. The van der Waals surface area contributed by atoms with Crippen LogP contribution in [-0.2, 0) is 20.9 Å². The second-order valence-corrected chi connectivity index (χ2v) is 6.76. The van der Waals surface area contributed by atoms with Crippen LogP contribution in [0.5, 0.6) is 11.5 Å². The third-order valence-corrected chi connectivity index (χ3v) is 4.39. The summed E-state index contributed by atoms with van der Waals surface area (Å²) in [5, 5.41) is 2.87. The maximum absolute atomic E-state index is 12.5. The summed E-state index contributed by atoms with van der Waals surface area (Å²) in [6.45, 7) is 1.62. The van der Waals surface area contributed by atoms with Gasteiger partial charge in [0.05, 0.1) is 7.11 Å². The van der Waals surface area contributed by atoms with Gasteiger partial charge in [-0.3, -0.25) is 14.6 Å². The highest BCUT2D eigenvalue weighted by molar-refractivity contribution is 6.02. The first-order valence-electron chi connectivity index (χ1n) is 9.99. The molecule has 32 heavy (non-hydrogen) atoms. The summed E-state index contributed by atoms with van der Waals surface area (Å²) in [6.07, 6.45) is 11.0. The van der Waals surface area contributed by atoms with Gasteiger partial charge < -0.3 is 19.5 Å². The van der Waals surface area contributed by atoms with E-state index >= 15 is 0 Å². The number of benzene rings is 2. The number of ether oxygens (including phenoxy) is 3. The number of hydrogen-bond acceptors (Lipinski definition) is 6. The van der Waals surface area contributed by atoms with E-state index in [2.05, 4.69) is 10.3 Å². The standard InChI is InChI=1S/C25H24N2O5/c1-18(28)32-24-16-19(9-11-23(24)30-2)10-12-25(29)27-22-8-4-3-6-20(22)17-31-21-7-5-14-26-15-13-21/h3-4,6-16H,5,17H2,1-2H3,(H,27,29)/b12-10+. The Kier molecular flexibility index (Phi) is 7.97. The summed E-state index contributed by atoms with van der Waals surface area (Å²) >= 11 is 0. The van der Waals surface area contributed by atoms with Crippen molar-refractivity contribution in [2.45, 2.75) is 20.0 Å². The molecule has 1 aliphatic heterocycles. The monoisotopic (exact) mass is 432 g/mol. The molecular formula is C25H24N2O5. The van der Waals surface area contributed by atoms with Crippen molar-refractivity contribution in [1.82, 2.24) is 0 Å². The molecule has 1 amide bonds. The zero-order chi connectivity index (χ0) is 22.8. The van der Waals surface area contributed by atoms with E-state index in [0.717, 1.165) is 11.3 Å². The molecule has 0 bridgehead atoms. The first-order chi connectivity index (χ1) is 15.5. The smallest absolute Gasteiger partial charge is 0.308 e. The summed E-state index contributed by atoms with van der Waals surface area (Å²) in [5.74, 6) is 0.692. The third kappa shape index (κ3) is 6.70. The third-order valence-electron chi connectivity index (χ3n) is 4.39. The Hall–Kier alpha value is -4.13. The summed E-state index contributed by atoms with van der Waals surface area (Å²) < 4.78 is 16.2. The molecule has 0 spiro atoms. The van der Waals surface area contributed by atoms with Gasteiger partial charge in [0, 0.05) is 43.1 Å². The lowest BCUT2D eigenvalue weighted by Crippen LogP contribution is -2.10. The van der Waals surface area contributed by atoms with Gasteiger partial charge in [-0.25, -0.2) is 0 Å². The molecule has 2 aromatic carbocycles. The molecule has 1 N–H and O–H groups in total. The number of amides is 1. The van der Waals surface area contributed by atoms with E-state index in [9.17, 15) is 9.59 Å². The molecule has 0 saturated heterocycles. The Morgan fingerprint density at radius 1 is 1.16 bits per heavy atom. The Morgan fingerprint density at radius 2 is 2.00 bits per heavy atom. The highest BCUT2D eigenvalue weighted by atomic mass is 16.6. The molecule has 3 rings (SSSR count). The molecule has 0 aromatic heterocycles. The number of aliphatic imine (C=N–C) groups is 1. The summed E-state index contributed by atoms with van der Waals surface area (Å²) in [5.41, 5.74) is 2.19. The maximum atomic E-state index is 12.5. The van der Waals surface area contributed by atoms with Gasteiger partial charge >= 0.3 is 5.97 Å². The van der Waals surface area contributed by atoms with Gasteiger partial charge in [-0.15, -0.1) is 0 Å². The molecule has 2 aromatic rings. The van der Waals surface area contributed by atoms with E-state index in [1.807, 2.05) is 30.3 Å². The van der Waals surface area contributed by atoms with Crippen molar-refractivity contribution in [3.63, 3.8) is 0 Å². The van der Waals surface area contributed by atoms with Crippen LogP contribution in [0.4, 0.5) is 5.69 Å². The van der Waals surface area contributed by atoms with Crippen LogP contribution in [0.25, 0.3) is 6.08 Å². The van der Waals surface area contributed by atoms with E-state index in [1.54, 1.807) is 42.8 Å². The number of rotatable bonds is 8. The van der Waals surface area contributed by atoms with Crippen molar-refractivity contribution >= 4 is 29.9 Å². The molecular weight excluding hydrogens is 408 g/mol. The lowest BCUT2D eigenvalue weighted by Gasteiger charge is -2.12. The maximum Gasteiger partial charge on any atom is 0.308 e. The lowest BCUT2D eigenvalue weighted by molar-refractivity contribution is -0.132. The summed E-state index contributed by atoms with van der Waals surface area (Å²) in [7, 11) is 1.49. The topological polar surface area (TPSA) is 86.2 Å². The largest absolute Gasteiger partial charge is 0.493 e. The van der Waals surface area contributed by atoms with E-state index < -0.39 is 5.97 Å². The van der Waals surface area contributed by atoms with Crippen molar-refractivity contribution < 1.29 is 23.8 Å². The highest BCUT2D eigenvalue weighted by Gasteiger charge is 2.09. The quantitative estimate of drug-likeness (QED) is 0.372. The molecule has 0 fully saturated rings. The van der Waals surface area contributed by atoms with Crippen LogP contribution in [-0.4, -0.2) is 25.2 Å². The number of nitrogens with zero attached hydrogens (tertiary/aromatic N) is 1. The molecule has 1 heterocycles. The van der Waals surface area contributed by atoms with Gasteiger partial charge in [0.15, 0.2) is 11.5 Å². The summed E-state index contributed by atoms with van der Waals surface area (Å²) in [4.78, 5) is 27.8. The number of carbonyl (C=O) groups is 2. The second-order valence-electron chi connectivity index (χ2n) is 6.76. The summed E-state index contributed by atoms with van der Waals surface area (Å²) in [6, 6.07) is 12.5. The van der Waals surface area contributed by atoms with Crippen LogP contribution in [0, 0.1) is 0 Å². The van der Waals surface area contributed by atoms with Crippen LogP contribution in [0.1, 0.15) is 24.5 Å². The number of hydrogen-bond donors (Lipinski definition) is 1. The highest BCUT2D eigenvalue weighted by Crippen LogP contribution is 2.28. The molecule has 164 valence electrons. The minimum atomic E-state index is -0.455. The predicted octanol–water partition coefficient (Wildman–Crippen LogP) is 4.66. The molecule has 0 atom stereocenters. The van der Waals surface area contributed by atoms with Gasteiger partial charge in [-0.2, -0.15) is 0 Å². The number of methoxy groups -OCH3 is 1. The van der Waals surface area contributed by atoms with Gasteiger partial charge in [-0.1, -0.05) is 24.3 Å². The molecule has 0 unspecified atom stereocenters. The molecule has 7 heteroatoms. The van der Waals surface area contributed by atoms with Crippen molar-refractivity contribution in [3.05, 3.63) is 83.8 Å². The average Bonchev–Trinajstić information content (AvgIpc) is 3.06. The van der Waals surface area contributed by atoms with Gasteiger partial charge in [0.2, 0.25) is 5.91 Å². The van der Waals surface area contributed by atoms with Crippen LogP contribution >= 0.6 is 0 Å². The number of para-hydroxylation sites is 1. The Balaban J connectivity index is 1.65. The van der Waals surface area contributed by atoms with E-state index in [0.29, 0.717) is 30.0 Å². The average molecular weight is 432 g/mol. The van der Waals surface area contributed by atoms with Gasteiger partial charge in [-0.05, 0) is 42.0 Å². The first kappa shape index (κ1) is 22.6. The lowest BCUT2D eigenvalue weighted by atomic mass is 10.1. The molecule has 0 radical (unpaired) electrons. The van der Waals surface area contributed by atoms with Crippen molar-refractivity contribution in [1.29, 1.82) is 0 Å². The molecule has 1 aliphatic rings. The van der Waals surface area contributed by atoms with E-state index in [1.165, 1.54) is 20.1 Å². The van der Waals surface area contributed by atoms with E-state index in [4.69, 9.17) is 14.2 Å². The minimum absolute atomic E-state index is 0.289. The zero-order valence-electron chi connectivity index (χ0n) is 17.9. The van der Waals surface area contributed by atoms with Crippen molar-refractivity contribution in [2.75, 3.05) is 12.4 Å². The number of allylic oxidation sites excluding steroid dienone is 2. The Labute approximate surface area is 186 Å². The zero-order valence-corrected chi connectivity index (χ0v) is 17.9. The van der Waals surface area contributed by atoms with E-state index in [-0.39, 0.29) is 11.7 Å². The minimum Gasteiger partial charge on any atom is -0.493 e. The molecule has 0 aliphatic carbocycles. The van der Waals surface area contributed by atoms with Crippen LogP contribution < -0.4 is 14.8 Å². The van der Waals surface area contributed by atoms with Crippen molar-refractivity contribution in [2.24, 2.45) is 4.99 Å². The number of nitrogens with one attached hydrogen (secondary N) is 1. The second kappa shape index (κ2) is 11.3. The Bertz CT molecular complexity index is 1100. The van der Waals surface area contributed by atoms with Gasteiger partial charge in [0.25, 0.3) is 0 Å². The number of anilines is 1. The van der Waals surface area contributed by atoms with Gasteiger partial charge in [0.1, 0.15) is 12.4 Å². The molecule has 7 nitrogen and oxygen atoms in total. The molecule has 0 saturated carbocycles. The van der Waals surface area contributed by atoms with Crippen LogP contribution in [0.15, 0.2) is 77.6 Å². The SMILES string of the molecule is COc1ccc(/C=C/C(=O)Nc2ccccc2COC2=CCC=NC=C2)cc1OC(C)=O. The fourth-order valence-corrected chi connectivity index (χ4v) is 2.89. The fourth-order valence-electron chi connectivity index (χ4n) is 2.89. The van der Waals surface area contributed by atoms with Crippen molar-refractivity contribution in [3.8, 4) is 11.5 Å². The van der Waals surface area contributed by atoms with Crippen LogP contribution in [0.2, 0.25) is 0 Å². The Morgan fingerprint density at radius 3 is 2.81 bits per heavy atom. The fraction of sp³-hybridized carbons (Fsp3) is 0.160. The predicted molar refractivity (Wildman–Crippen MR) is 124 cm³/mol. The number of carbonyl (C=O) groups excluding carboxylic acids is 2. The van der Waals surface area contributed by atoms with Crippen LogP contribution in [0.3, 0.4) is 0 Å².